The molecule has 6 heteroatoms. The van der Waals surface area contributed by atoms with E-state index in [1.165, 1.54) is 10.8 Å². The third-order valence-electron chi connectivity index (χ3n) is 4.15. The van der Waals surface area contributed by atoms with Crippen molar-refractivity contribution in [1.82, 2.24) is 14.5 Å². The highest BCUT2D eigenvalue weighted by Gasteiger charge is 2.24. The van der Waals surface area contributed by atoms with E-state index in [2.05, 4.69) is 4.98 Å². The summed E-state index contributed by atoms with van der Waals surface area (Å²) in [6.07, 6.45) is 4.91. The molecule has 1 atom stereocenters. The average molecular weight is 327 g/mol. The molecule has 1 unspecified atom stereocenters. The molecule has 1 amide bonds. The summed E-state index contributed by atoms with van der Waals surface area (Å²) < 4.78 is 7.28. The molecule has 2 aromatic rings. The summed E-state index contributed by atoms with van der Waals surface area (Å²) in [4.78, 5) is 29.5. The maximum Gasteiger partial charge on any atom is 0.347 e. The van der Waals surface area contributed by atoms with Crippen molar-refractivity contribution in [2.24, 2.45) is 0 Å². The molecule has 24 heavy (non-hydrogen) atoms. The van der Waals surface area contributed by atoms with E-state index in [-0.39, 0.29) is 18.6 Å². The third-order valence-corrected chi connectivity index (χ3v) is 4.15. The van der Waals surface area contributed by atoms with Gasteiger partial charge in [0.2, 0.25) is 5.91 Å². The van der Waals surface area contributed by atoms with Gasteiger partial charge in [-0.25, -0.2) is 9.78 Å². The molecule has 0 aliphatic carbocycles. The van der Waals surface area contributed by atoms with Crippen LogP contribution in [0.1, 0.15) is 18.4 Å². The van der Waals surface area contributed by atoms with Crippen LogP contribution in [0.25, 0.3) is 0 Å². The van der Waals surface area contributed by atoms with E-state index < -0.39 is 5.69 Å². The second-order valence-corrected chi connectivity index (χ2v) is 5.93. The van der Waals surface area contributed by atoms with Crippen molar-refractivity contribution < 1.29 is 9.53 Å². The molecule has 3 rings (SSSR count). The van der Waals surface area contributed by atoms with Crippen molar-refractivity contribution in [1.29, 1.82) is 0 Å². The predicted molar refractivity (Wildman–Crippen MR) is 89.3 cm³/mol. The first kappa shape index (κ1) is 16.4. The van der Waals surface area contributed by atoms with E-state index in [0.29, 0.717) is 19.7 Å². The zero-order valence-electron chi connectivity index (χ0n) is 13.5. The zero-order valence-corrected chi connectivity index (χ0v) is 13.5. The summed E-state index contributed by atoms with van der Waals surface area (Å²) in [5.41, 5.74) is 0.725. The molecule has 1 aliphatic rings. The summed E-state index contributed by atoms with van der Waals surface area (Å²) in [6.45, 7) is 1.85. The number of hydrogen-bond donors (Lipinski definition) is 0. The average Bonchev–Trinajstić information content (AvgIpc) is 2.63. The highest BCUT2D eigenvalue weighted by atomic mass is 16.5. The van der Waals surface area contributed by atoms with Crippen molar-refractivity contribution >= 4 is 5.91 Å². The first-order valence-corrected chi connectivity index (χ1v) is 8.17. The van der Waals surface area contributed by atoms with Crippen LogP contribution in [0.5, 0.6) is 0 Å². The highest BCUT2D eigenvalue weighted by molar-refractivity contribution is 5.76. The minimum Gasteiger partial charge on any atom is -0.372 e. The Kier molecular flexibility index (Phi) is 5.38. The summed E-state index contributed by atoms with van der Waals surface area (Å²) in [6, 6.07) is 11.7. The SMILES string of the molecule is O=C(Cn1cccnc1=O)N1CCCC(OCc2ccccc2)C1. The summed E-state index contributed by atoms with van der Waals surface area (Å²) in [7, 11) is 0. The first-order chi connectivity index (χ1) is 11.7. The Morgan fingerprint density at radius 3 is 2.88 bits per heavy atom. The Balaban J connectivity index is 1.54. The summed E-state index contributed by atoms with van der Waals surface area (Å²) >= 11 is 0. The molecule has 1 aliphatic heterocycles. The fourth-order valence-electron chi connectivity index (χ4n) is 2.84. The molecular weight excluding hydrogens is 306 g/mol. The lowest BCUT2D eigenvalue weighted by Crippen LogP contribution is -2.45. The van der Waals surface area contributed by atoms with Crippen molar-refractivity contribution in [3.8, 4) is 0 Å². The van der Waals surface area contributed by atoms with Gasteiger partial charge in [-0.2, -0.15) is 0 Å². The fraction of sp³-hybridized carbons (Fsp3) is 0.389. The van der Waals surface area contributed by atoms with Gasteiger partial charge in [0.1, 0.15) is 6.54 Å². The standard InChI is InChI=1S/C18H21N3O3/c22-17(13-21-11-5-9-19-18(21)23)20-10-4-8-16(12-20)24-14-15-6-2-1-3-7-15/h1-3,5-7,9,11,16H,4,8,10,12-14H2. The zero-order chi connectivity index (χ0) is 16.8. The molecule has 2 heterocycles. The number of carbonyl (C=O) groups excluding carboxylic acids is 1. The van der Waals surface area contributed by atoms with Crippen LogP contribution in [0, 0.1) is 0 Å². The van der Waals surface area contributed by atoms with Gasteiger partial charge in [0.05, 0.1) is 12.7 Å². The molecule has 1 fully saturated rings. The monoisotopic (exact) mass is 327 g/mol. The van der Waals surface area contributed by atoms with Crippen molar-refractivity contribution in [3.63, 3.8) is 0 Å². The number of carbonyl (C=O) groups is 1. The van der Waals surface area contributed by atoms with Crippen molar-refractivity contribution in [2.45, 2.75) is 32.1 Å². The topological polar surface area (TPSA) is 64.4 Å². The van der Waals surface area contributed by atoms with Gasteiger partial charge in [0, 0.05) is 25.5 Å². The number of rotatable bonds is 5. The second-order valence-electron chi connectivity index (χ2n) is 5.93. The van der Waals surface area contributed by atoms with Gasteiger partial charge < -0.3 is 9.64 Å². The Labute approximate surface area is 140 Å². The Morgan fingerprint density at radius 2 is 2.08 bits per heavy atom. The second kappa shape index (κ2) is 7.88. The van der Waals surface area contributed by atoms with Crippen LogP contribution in [0.3, 0.4) is 0 Å². The highest BCUT2D eigenvalue weighted by Crippen LogP contribution is 2.15. The number of piperidine rings is 1. The van der Waals surface area contributed by atoms with Gasteiger partial charge in [-0.15, -0.1) is 0 Å². The maximum atomic E-state index is 12.4. The molecule has 0 saturated carbocycles. The summed E-state index contributed by atoms with van der Waals surface area (Å²) in [5, 5.41) is 0. The van der Waals surface area contributed by atoms with Crippen LogP contribution in [0.2, 0.25) is 0 Å². The number of aromatic nitrogens is 2. The van der Waals surface area contributed by atoms with Gasteiger partial charge in [-0.3, -0.25) is 9.36 Å². The quantitative estimate of drug-likeness (QED) is 0.834. The molecule has 1 aromatic heterocycles. The first-order valence-electron chi connectivity index (χ1n) is 8.17. The largest absolute Gasteiger partial charge is 0.372 e. The maximum absolute atomic E-state index is 12.4. The summed E-state index contributed by atoms with van der Waals surface area (Å²) in [5.74, 6) is -0.0712. The minimum absolute atomic E-state index is 0.0259. The van der Waals surface area contributed by atoms with Crippen LogP contribution < -0.4 is 5.69 Å². The lowest BCUT2D eigenvalue weighted by atomic mass is 10.1. The number of ether oxygens (including phenoxy) is 1. The van der Waals surface area contributed by atoms with Gasteiger partial charge in [-0.05, 0) is 24.5 Å². The van der Waals surface area contributed by atoms with E-state index in [4.69, 9.17) is 4.74 Å². The number of benzene rings is 1. The van der Waals surface area contributed by atoms with Crippen LogP contribution >= 0.6 is 0 Å². The molecule has 0 N–H and O–H groups in total. The van der Waals surface area contributed by atoms with Gasteiger partial charge in [-0.1, -0.05) is 30.3 Å². The molecule has 0 spiro atoms. The van der Waals surface area contributed by atoms with Gasteiger partial charge >= 0.3 is 5.69 Å². The Hall–Kier alpha value is -2.47. The van der Waals surface area contributed by atoms with Crippen LogP contribution in [0.4, 0.5) is 0 Å². The molecule has 6 nitrogen and oxygen atoms in total. The molecule has 1 saturated heterocycles. The number of hydrogen-bond acceptors (Lipinski definition) is 4. The third kappa shape index (κ3) is 4.29. The Bertz CT molecular complexity index is 730. The van der Waals surface area contributed by atoms with Crippen LogP contribution in [-0.4, -0.2) is 39.6 Å². The van der Waals surface area contributed by atoms with Gasteiger partial charge in [0.15, 0.2) is 0 Å². The van der Waals surface area contributed by atoms with E-state index in [1.807, 2.05) is 30.3 Å². The normalized spacial score (nSPS) is 17.7. The lowest BCUT2D eigenvalue weighted by molar-refractivity contribution is -0.136. The van der Waals surface area contributed by atoms with Crippen LogP contribution in [-0.2, 0) is 22.7 Å². The molecule has 0 radical (unpaired) electrons. The lowest BCUT2D eigenvalue weighted by Gasteiger charge is -2.32. The molecule has 126 valence electrons. The smallest absolute Gasteiger partial charge is 0.347 e. The Morgan fingerprint density at radius 1 is 1.25 bits per heavy atom. The van der Waals surface area contributed by atoms with Crippen molar-refractivity contribution in [3.05, 3.63) is 64.8 Å². The predicted octanol–water partition coefficient (Wildman–Crippen LogP) is 1.45. The fourth-order valence-corrected chi connectivity index (χ4v) is 2.84. The molecule has 1 aromatic carbocycles. The van der Waals surface area contributed by atoms with Gasteiger partial charge in [0.25, 0.3) is 0 Å². The van der Waals surface area contributed by atoms with Crippen LogP contribution in [0.15, 0.2) is 53.6 Å². The number of likely N-dealkylation sites (tertiary alicyclic amines) is 1. The molecular formula is C18H21N3O3. The van der Waals surface area contributed by atoms with Crippen molar-refractivity contribution in [2.75, 3.05) is 13.1 Å². The minimum atomic E-state index is -0.403. The van der Waals surface area contributed by atoms with E-state index in [0.717, 1.165) is 18.4 Å². The number of nitrogens with zero attached hydrogens (tertiary/aromatic N) is 3. The molecule has 0 bridgehead atoms. The van der Waals surface area contributed by atoms with E-state index in [1.54, 1.807) is 17.2 Å². The number of amides is 1. The van der Waals surface area contributed by atoms with E-state index in [9.17, 15) is 9.59 Å². The van der Waals surface area contributed by atoms with E-state index >= 15 is 0 Å².